The fourth-order valence-corrected chi connectivity index (χ4v) is 1.64. The van der Waals surface area contributed by atoms with Crippen molar-refractivity contribution in [2.45, 2.75) is 6.92 Å². The average molecular weight is 210 g/mol. The van der Waals surface area contributed by atoms with E-state index in [1.54, 1.807) is 12.3 Å². The Morgan fingerprint density at radius 1 is 1.31 bits per heavy atom. The maximum atomic E-state index is 11.5. The van der Waals surface area contributed by atoms with Gasteiger partial charge in [0.15, 0.2) is 0 Å². The molecular weight excluding hydrogens is 200 g/mol. The number of H-pyrrole nitrogens is 1. The molecule has 0 radical (unpaired) electrons. The van der Waals surface area contributed by atoms with Gasteiger partial charge in [0, 0.05) is 11.8 Å². The standard InChI is InChI=1S/C13H10N2O/c1-9-3-2-4-10(7-9)11-5-6-15-13(16)12(11)8-14/h2-7H,1H3,(H,15,16). The summed E-state index contributed by atoms with van der Waals surface area (Å²) >= 11 is 0. The molecule has 1 heterocycles. The molecule has 3 nitrogen and oxygen atoms in total. The van der Waals surface area contributed by atoms with E-state index in [-0.39, 0.29) is 11.1 Å². The Hall–Kier alpha value is -2.34. The molecule has 0 atom stereocenters. The highest BCUT2D eigenvalue weighted by Crippen LogP contribution is 2.21. The lowest BCUT2D eigenvalue weighted by molar-refractivity contribution is 1.21. The summed E-state index contributed by atoms with van der Waals surface area (Å²) < 4.78 is 0. The van der Waals surface area contributed by atoms with Gasteiger partial charge in [-0.15, -0.1) is 0 Å². The number of hydrogen-bond donors (Lipinski definition) is 1. The lowest BCUT2D eigenvalue weighted by atomic mass is 10.0. The van der Waals surface area contributed by atoms with Crippen LogP contribution in [0.4, 0.5) is 0 Å². The second-order valence-electron chi connectivity index (χ2n) is 3.58. The van der Waals surface area contributed by atoms with Crippen LogP contribution in [-0.4, -0.2) is 4.98 Å². The third kappa shape index (κ3) is 1.73. The largest absolute Gasteiger partial charge is 0.328 e. The van der Waals surface area contributed by atoms with Gasteiger partial charge < -0.3 is 4.98 Å². The molecule has 0 unspecified atom stereocenters. The predicted octanol–water partition coefficient (Wildman–Crippen LogP) is 2.22. The summed E-state index contributed by atoms with van der Waals surface area (Å²) in [5.41, 5.74) is 2.48. The van der Waals surface area contributed by atoms with Crippen molar-refractivity contribution in [3.05, 3.63) is 58.0 Å². The van der Waals surface area contributed by atoms with Crippen molar-refractivity contribution in [3.8, 4) is 17.2 Å². The van der Waals surface area contributed by atoms with Crippen LogP contribution in [0.15, 0.2) is 41.3 Å². The molecule has 3 heteroatoms. The monoisotopic (exact) mass is 210 g/mol. The lowest BCUT2D eigenvalue weighted by Gasteiger charge is -2.03. The number of rotatable bonds is 1. The van der Waals surface area contributed by atoms with Crippen LogP contribution in [0.2, 0.25) is 0 Å². The van der Waals surface area contributed by atoms with E-state index in [0.717, 1.165) is 11.1 Å². The number of benzene rings is 1. The molecule has 1 aromatic carbocycles. The Balaban J connectivity index is 2.71. The number of hydrogen-bond acceptors (Lipinski definition) is 2. The van der Waals surface area contributed by atoms with E-state index >= 15 is 0 Å². The molecule has 0 aliphatic heterocycles. The average Bonchev–Trinajstić information content (AvgIpc) is 2.28. The van der Waals surface area contributed by atoms with Crippen LogP contribution in [0.25, 0.3) is 11.1 Å². The first-order chi connectivity index (χ1) is 7.72. The van der Waals surface area contributed by atoms with Crippen LogP contribution in [-0.2, 0) is 0 Å². The SMILES string of the molecule is Cc1cccc(-c2cc[nH]c(=O)c2C#N)c1. The van der Waals surface area contributed by atoms with Gasteiger partial charge in [0.05, 0.1) is 0 Å². The minimum Gasteiger partial charge on any atom is -0.328 e. The molecule has 0 saturated heterocycles. The Morgan fingerprint density at radius 2 is 2.12 bits per heavy atom. The van der Waals surface area contributed by atoms with E-state index in [4.69, 9.17) is 5.26 Å². The van der Waals surface area contributed by atoms with Crippen LogP contribution in [0, 0.1) is 18.3 Å². The number of aromatic amines is 1. The summed E-state index contributed by atoms with van der Waals surface area (Å²) in [7, 11) is 0. The van der Waals surface area contributed by atoms with Gasteiger partial charge in [0.25, 0.3) is 5.56 Å². The molecule has 78 valence electrons. The first kappa shape index (κ1) is 10.2. The summed E-state index contributed by atoms with van der Waals surface area (Å²) in [6.45, 7) is 1.97. The fraction of sp³-hybridized carbons (Fsp3) is 0.0769. The zero-order valence-electron chi connectivity index (χ0n) is 8.82. The van der Waals surface area contributed by atoms with Crippen LogP contribution in [0.1, 0.15) is 11.1 Å². The number of nitriles is 1. The molecule has 1 aromatic heterocycles. The maximum Gasteiger partial charge on any atom is 0.266 e. The van der Waals surface area contributed by atoms with Crippen molar-refractivity contribution in [3.63, 3.8) is 0 Å². The molecule has 0 spiro atoms. The van der Waals surface area contributed by atoms with Gasteiger partial charge in [-0.1, -0.05) is 29.8 Å². The van der Waals surface area contributed by atoms with Crippen molar-refractivity contribution in [1.82, 2.24) is 4.98 Å². The van der Waals surface area contributed by atoms with Gasteiger partial charge in [-0.2, -0.15) is 5.26 Å². The molecule has 2 aromatic rings. The summed E-state index contributed by atoms with van der Waals surface area (Å²) in [5.74, 6) is 0. The van der Waals surface area contributed by atoms with Gasteiger partial charge in [-0.3, -0.25) is 4.79 Å². The quantitative estimate of drug-likeness (QED) is 0.784. The molecule has 2 rings (SSSR count). The zero-order chi connectivity index (χ0) is 11.5. The van der Waals surface area contributed by atoms with E-state index in [1.165, 1.54) is 0 Å². The number of aryl methyl sites for hydroxylation is 1. The normalized spacial score (nSPS) is 9.75. The van der Waals surface area contributed by atoms with Gasteiger partial charge in [0.2, 0.25) is 0 Å². The predicted molar refractivity (Wildman–Crippen MR) is 62.0 cm³/mol. The van der Waals surface area contributed by atoms with E-state index in [1.807, 2.05) is 37.3 Å². The molecule has 0 aliphatic carbocycles. The van der Waals surface area contributed by atoms with Crippen LogP contribution in [0.5, 0.6) is 0 Å². The maximum absolute atomic E-state index is 11.5. The molecule has 1 N–H and O–H groups in total. The van der Waals surface area contributed by atoms with E-state index < -0.39 is 0 Å². The minimum absolute atomic E-state index is 0.160. The van der Waals surface area contributed by atoms with Crippen molar-refractivity contribution < 1.29 is 0 Å². The third-order valence-corrected chi connectivity index (χ3v) is 2.40. The van der Waals surface area contributed by atoms with Crippen molar-refractivity contribution in [2.24, 2.45) is 0 Å². The number of nitrogens with one attached hydrogen (secondary N) is 1. The molecule has 0 fully saturated rings. The topological polar surface area (TPSA) is 56.6 Å². The second kappa shape index (κ2) is 4.03. The summed E-state index contributed by atoms with van der Waals surface area (Å²) in [6, 6.07) is 11.4. The van der Waals surface area contributed by atoms with Crippen molar-refractivity contribution >= 4 is 0 Å². The smallest absolute Gasteiger partial charge is 0.266 e. The first-order valence-corrected chi connectivity index (χ1v) is 4.91. The van der Waals surface area contributed by atoms with Crippen molar-refractivity contribution in [1.29, 1.82) is 5.26 Å². The molecular formula is C13H10N2O. The van der Waals surface area contributed by atoms with Crippen LogP contribution >= 0.6 is 0 Å². The molecule has 0 bridgehead atoms. The van der Waals surface area contributed by atoms with Gasteiger partial charge in [-0.05, 0) is 18.6 Å². The summed E-state index contributed by atoms with van der Waals surface area (Å²) in [5, 5.41) is 8.96. The van der Waals surface area contributed by atoms with E-state index in [9.17, 15) is 4.79 Å². The first-order valence-electron chi connectivity index (χ1n) is 4.91. The Morgan fingerprint density at radius 3 is 2.81 bits per heavy atom. The van der Waals surface area contributed by atoms with Crippen molar-refractivity contribution in [2.75, 3.05) is 0 Å². The Bertz CT molecular complexity index is 620. The minimum atomic E-state index is -0.346. The Kier molecular flexibility index (Phi) is 2.57. The van der Waals surface area contributed by atoms with Crippen LogP contribution < -0.4 is 5.56 Å². The van der Waals surface area contributed by atoms with Gasteiger partial charge in [0.1, 0.15) is 11.6 Å². The molecule has 16 heavy (non-hydrogen) atoms. The zero-order valence-corrected chi connectivity index (χ0v) is 8.82. The highest BCUT2D eigenvalue weighted by Gasteiger charge is 2.07. The van der Waals surface area contributed by atoms with E-state index in [0.29, 0.717) is 5.56 Å². The number of pyridine rings is 1. The fourth-order valence-electron chi connectivity index (χ4n) is 1.64. The van der Waals surface area contributed by atoms with E-state index in [2.05, 4.69) is 4.98 Å². The lowest BCUT2D eigenvalue weighted by Crippen LogP contribution is -2.10. The number of aromatic nitrogens is 1. The molecule has 0 amide bonds. The molecule has 0 aliphatic rings. The van der Waals surface area contributed by atoms with Gasteiger partial charge >= 0.3 is 0 Å². The van der Waals surface area contributed by atoms with Crippen LogP contribution in [0.3, 0.4) is 0 Å². The second-order valence-corrected chi connectivity index (χ2v) is 3.58. The highest BCUT2D eigenvalue weighted by atomic mass is 16.1. The highest BCUT2D eigenvalue weighted by molar-refractivity contribution is 5.70. The third-order valence-electron chi connectivity index (χ3n) is 2.40. The number of nitrogens with zero attached hydrogens (tertiary/aromatic N) is 1. The molecule has 0 saturated carbocycles. The Labute approximate surface area is 93.0 Å². The summed E-state index contributed by atoms with van der Waals surface area (Å²) in [6.07, 6.45) is 1.56. The van der Waals surface area contributed by atoms with Gasteiger partial charge in [-0.25, -0.2) is 0 Å². The summed E-state index contributed by atoms with van der Waals surface area (Å²) in [4.78, 5) is 13.9.